The van der Waals surface area contributed by atoms with E-state index in [9.17, 15) is 8.42 Å². The average molecular weight is 269 g/mol. The number of sulfone groups is 1. The smallest absolute Gasteiger partial charge is 0.193 e. The average Bonchev–Trinajstić information content (AvgIpc) is 2.76. The largest absolute Gasteiger partial charge is 0.349 e. The van der Waals surface area contributed by atoms with Crippen molar-refractivity contribution in [1.29, 1.82) is 0 Å². The van der Waals surface area contributed by atoms with Gasteiger partial charge >= 0.3 is 0 Å². The zero-order valence-corrected chi connectivity index (χ0v) is 11.0. The fourth-order valence-electron chi connectivity index (χ4n) is 1.36. The van der Waals surface area contributed by atoms with E-state index in [4.69, 9.17) is 4.52 Å². The van der Waals surface area contributed by atoms with Crippen LogP contribution < -0.4 is 0 Å². The molecule has 6 heteroatoms. The molecule has 0 fully saturated rings. The van der Waals surface area contributed by atoms with Crippen molar-refractivity contribution in [3.63, 3.8) is 0 Å². The lowest BCUT2D eigenvalue weighted by Gasteiger charge is -1.99. The normalized spacial score (nSPS) is 11.6. The molecule has 0 saturated heterocycles. The van der Waals surface area contributed by atoms with Crippen molar-refractivity contribution in [2.45, 2.75) is 9.99 Å². The predicted octanol–water partition coefficient (Wildman–Crippen LogP) is 2.47. The van der Waals surface area contributed by atoms with Gasteiger partial charge in [0.15, 0.2) is 14.9 Å². The van der Waals surface area contributed by atoms with Gasteiger partial charge in [-0.3, -0.25) is 0 Å². The van der Waals surface area contributed by atoms with E-state index in [0.29, 0.717) is 10.6 Å². The highest BCUT2D eigenvalue weighted by Crippen LogP contribution is 2.24. The second-order valence-electron chi connectivity index (χ2n) is 3.53. The Hall–Kier alpha value is -1.27. The van der Waals surface area contributed by atoms with Gasteiger partial charge < -0.3 is 4.52 Å². The second-order valence-corrected chi connectivity index (χ2v) is 6.36. The van der Waals surface area contributed by atoms with Crippen molar-refractivity contribution >= 4 is 21.6 Å². The minimum atomic E-state index is -3.15. The molecule has 0 N–H and O–H groups in total. The molecule has 2 aromatic rings. The highest BCUT2D eigenvalue weighted by molar-refractivity contribution is 7.98. The van der Waals surface area contributed by atoms with Crippen molar-refractivity contribution in [1.82, 2.24) is 5.16 Å². The van der Waals surface area contributed by atoms with E-state index >= 15 is 0 Å². The molecule has 0 radical (unpaired) electrons. The van der Waals surface area contributed by atoms with E-state index in [1.165, 1.54) is 18.0 Å². The van der Waals surface area contributed by atoms with Gasteiger partial charge in [0.1, 0.15) is 5.69 Å². The summed E-state index contributed by atoms with van der Waals surface area (Å²) in [5.74, 6) is 0. The third-order valence-electron chi connectivity index (χ3n) is 2.27. The lowest BCUT2D eigenvalue weighted by molar-refractivity contribution is 0.352. The van der Waals surface area contributed by atoms with E-state index < -0.39 is 9.84 Å². The van der Waals surface area contributed by atoms with E-state index in [1.807, 2.05) is 12.3 Å². The van der Waals surface area contributed by atoms with Crippen LogP contribution in [0.3, 0.4) is 0 Å². The number of nitrogens with zero attached hydrogens (tertiary/aromatic N) is 1. The number of hydrogen-bond donors (Lipinski definition) is 0. The van der Waals surface area contributed by atoms with Crippen LogP contribution in [0.1, 0.15) is 0 Å². The molecule has 17 heavy (non-hydrogen) atoms. The van der Waals surface area contributed by atoms with Crippen molar-refractivity contribution in [3.8, 4) is 11.3 Å². The molecule has 0 unspecified atom stereocenters. The Kier molecular flexibility index (Phi) is 3.26. The van der Waals surface area contributed by atoms with Gasteiger partial charge in [-0.25, -0.2) is 8.42 Å². The van der Waals surface area contributed by atoms with Crippen LogP contribution in [0, 0.1) is 0 Å². The molecule has 1 aromatic heterocycles. The molecule has 0 aliphatic rings. The van der Waals surface area contributed by atoms with Crippen LogP contribution in [0.2, 0.25) is 0 Å². The minimum Gasteiger partial charge on any atom is -0.349 e. The molecule has 0 aliphatic heterocycles. The summed E-state index contributed by atoms with van der Waals surface area (Å²) < 4.78 is 27.6. The van der Waals surface area contributed by atoms with Crippen LogP contribution in [0.5, 0.6) is 0 Å². The summed E-state index contributed by atoms with van der Waals surface area (Å²) in [6.45, 7) is 0. The van der Waals surface area contributed by atoms with Gasteiger partial charge in [-0.05, 0) is 18.4 Å². The Balaban J connectivity index is 2.35. The van der Waals surface area contributed by atoms with Gasteiger partial charge in [0.2, 0.25) is 0 Å². The van der Waals surface area contributed by atoms with E-state index in [1.54, 1.807) is 24.3 Å². The zero-order chi connectivity index (χ0) is 12.5. The van der Waals surface area contributed by atoms with Crippen LogP contribution in [0.4, 0.5) is 0 Å². The summed E-state index contributed by atoms with van der Waals surface area (Å²) in [6, 6.07) is 8.40. The Labute approximate surface area is 104 Å². The molecular formula is C11H11NO3S2. The molecule has 0 spiro atoms. The number of thioether (sulfide) groups is 1. The van der Waals surface area contributed by atoms with Crippen molar-refractivity contribution in [3.05, 3.63) is 30.3 Å². The van der Waals surface area contributed by atoms with Crippen LogP contribution in [0.15, 0.2) is 44.8 Å². The first-order valence-corrected chi connectivity index (χ1v) is 7.93. The molecule has 1 aromatic carbocycles. The minimum absolute atomic E-state index is 0.301. The number of benzene rings is 1. The molecule has 90 valence electrons. The maximum absolute atomic E-state index is 11.3. The molecule has 4 nitrogen and oxygen atoms in total. The SMILES string of the molecule is CSc1cc(-c2ccc(S(C)(=O)=O)cc2)no1. The van der Waals surface area contributed by atoms with Gasteiger partial charge in [-0.15, -0.1) is 0 Å². The number of rotatable bonds is 3. The highest BCUT2D eigenvalue weighted by atomic mass is 32.2. The third-order valence-corrected chi connectivity index (χ3v) is 3.99. The summed E-state index contributed by atoms with van der Waals surface area (Å²) in [7, 11) is -3.15. The van der Waals surface area contributed by atoms with Crippen molar-refractivity contribution in [2.75, 3.05) is 12.5 Å². The molecule has 0 atom stereocenters. The van der Waals surface area contributed by atoms with Gasteiger partial charge in [0.05, 0.1) is 4.90 Å². The summed E-state index contributed by atoms with van der Waals surface area (Å²) in [5.41, 5.74) is 1.54. The zero-order valence-electron chi connectivity index (χ0n) is 9.38. The Bertz CT molecular complexity index is 614. The molecule has 1 heterocycles. The fraction of sp³-hybridized carbons (Fsp3) is 0.182. The standard InChI is InChI=1S/C11H11NO3S2/c1-16-11-7-10(12-15-11)8-3-5-9(6-4-8)17(2,13)14/h3-7H,1-2H3. The molecule has 0 aliphatic carbocycles. The number of hydrogen-bond acceptors (Lipinski definition) is 5. The van der Waals surface area contributed by atoms with E-state index in [2.05, 4.69) is 5.16 Å². The Morgan fingerprint density at radius 2 is 1.88 bits per heavy atom. The van der Waals surface area contributed by atoms with Crippen LogP contribution in [-0.2, 0) is 9.84 Å². The van der Waals surface area contributed by atoms with Gasteiger partial charge in [0.25, 0.3) is 0 Å². The Morgan fingerprint density at radius 3 is 2.35 bits per heavy atom. The van der Waals surface area contributed by atoms with Crippen molar-refractivity contribution < 1.29 is 12.9 Å². The number of aromatic nitrogens is 1. The van der Waals surface area contributed by atoms with E-state index in [0.717, 1.165) is 10.7 Å². The molecular weight excluding hydrogens is 258 g/mol. The topological polar surface area (TPSA) is 60.2 Å². The quantitative estimate of drug-likeness (QED) is 0.801. The van der Waals surface area contributed by atoms with Crippen LogP contribution in [-0.4, -0.2) is 26.1 Å². The maximum atomic E-state index is 11.3. The van der Waals surface area contributed by atoms with Crippen molar-refractivity contribution in [2.24, 2.45) is 0 Å². The molecule has 0 bridgehead atoms. The van der Waals surface area contributed by atoms with Gasteiger partial charge in [-0.1, -0.05) is 29.1 Å². The summed E-state index contributed by atoms with van der Waals surface area (Å²) >= 11 is 1.47. The fourth-order valence-corrected chi connectivity index (χ4v) is 2.34. The molecule has 0 amide bonds. The molecule has 0 saturated carbocycles. The first kappa shape index (κ1) is 12.2. The Morgan fingerprint density at radius 1 is 1.24 bits per heavy atom. The summed E-state index contributed by atoms with van der Waals surface area (Å²) in [4.78, 5) is 0.301. The van der Waals surface area contributed by atoms with Crippen LogP contribution in [0.25, 0.3) is 11.3 Å². The monoisotopic (exact) mass is 269 g/mol. The van der Waals surface area contributed by atoms with Crippen LogP contribution >= 0.6 is 11.8 Å². The first-order chi connectivity index (χ1) is 8.00. The highest BCUT2D eigenvalue weighted by Gasteiger charge is 2.09. The summed E-state index contributed by atoms with van der Waals surface area (Å²) in [6.07, 6.45) is 3.08. The predicted molar refractivity (Wildman–Crippen MR) is 66.8 cm³/mol. The van der Waals surface area contributed by atoms with E-state index in [-0.39, 0.29) is 0 Å². The maximum Gasteiger partial charge on any atom is 0.193 e. The van der Waals surface area contributed by atoms with Gasteiger partial charge in [-0.2, -0.15) is 0 Å². The lowest BCUT2D eigenvalue weighted by atomic mass is 10.2. The molecule has 2 rings (SSSR count). The first-order valence-electron chi connectivity index (χ1n) is 4.82. The lowest BCUT2D eigenvalue weighted by Crippen LogP contribution is -1.96. The summed E-state index contributed by atoms with van der Waals surface area (Å²) in [5, 5.41) is 4.63. The third kappa shape index (κ3) is 2.70. The van der Waals surface area contributed by atoms with Gasteiger partial charge in [0, 0.05) is 17.9 Å². The second kappa shape index (κ2) is 4.54.